The first-order valence-electron chi connectivity index (χ1n) is 8.25. The Morgan fingerprint density at radius 3 is 2.62 bits per heavy atom. The molecule has 1 amide bonds. The number of fused-ring (bicyclic) bond motifs is 1. The summed E-state index contributed by atoms with van der Waals surface area (Å²) in [5.41, 5.74) is 0.758. The fourth-order valence-electron chi connectivity index (χ4n) is 4.18. The molecule has 3 heterocycles. The van der Waals surface area contributed by atoms with E-state index >= 15 is 0 Å². The van der Waals surface area contributed by atoms with Crippen molar-refractivity contribution >= 4 is 5.91 Å². The van der Waals surface area contributed by atoms with Gasteiger partial charge < -0.3 is 9.32 Å². The molecule has 2 saturated heterocycles. The summed E-state index contributed by atoms with van der Waals surface area (Å²) in [6.07, 6.45) is 5.09. The fraction of sp³-hybridized carbons (Fsp3) is 0.706. The quantitative estimate of drug-likeness (QED) is 0.858. The molecule has 21 heavy (non-hydrogen) atoms. The zero-order chi connectivity index (χ0) is 14.6. The summed E-state index contributed by atoms with van der Waals surface area (Å²) < 4.78 is 5.53. The highest BCUT2D eigenvalue weighted by molar-refractivity contribution is 5.95. The number of hydrogen-bond donors (Lipinski definition) is 0. The van der Waals surface area contributed by atoms with Gasteiger partial charge in [0.1, 0.15) is 11.5 Å². The van der Waals surface area contributed by atoms with Crippen molar-refractivity contribution in [2.45, 2.75) is 51.6 Å². The molecular formula is C17H24N2O2. The molecule has 0 N–H and O–H groups in total. The van der Waals surface area contributed by atoms with Crippen molar-refractivity contribution in [1.29, 1.82) is 0 Å². The van der Waals surface area contributed by atoms with Crippen LogP contribution in [0.4, 0.5) is 0 Å². The Balaban J connectivity index is 1.49. The number of aryl methyl sites for hydroxylation is 2. The molecule has 0 unspecified atom stereocenters. The lowest BCUT2D eigenvalue weighted by molar-refractivity contribution is 0.0730. The van der Waals surface area contributed by atoms with Gasteiger partial charge in [0.25, 0.3) is 5.91 Å². The molecule has 2 atom stereocenters. The molecule has 1 aromatic heterocycles. The van der Waals surface area contributed by atoms with Crippen molar-refractivity contribution in [3.63, 3.8) is 0 Å². The molecule has 4 nitrogen and oxygen atoms in total. The van der Waals surface area contributed by atoms with Crippen LogP contribution in [0.3, 0.4) is 0 Å². The summed E-state index contributed by atoms with van der Waals surface area (Å²) >= 11 is 0. The Morgan fingerprint density at radius 1 is 1.19 bits per heavy atom. The Bertz CT molecular complexity index is 561. The molecular weight excluding hydrogens is 264 g/mol. The topological polar surface area (TPSA) is 36.7 Å². The largest absolute Gasteiger partial charge is 0.466 e. The molecule has 4 heteroatoms. The second-order valence-corrected chi connectivity index (χ2v) is 6.98. The van der Waals surface area contributed by atoms with Crippen molar-refractivity contribution in [2.75, 3.05) is 19.6 Å². The monoisotopic (exact) mass is 288 g/mol. The van der Waals surface area contributed by atoms with E-state index in [9.17, 15) is 4.79 Å². The van der Waals surface area contributed by atoms with E-state index < -0.39 is 0 Å². The summed E-state index contributed by atoms with van der Waals surface area (Å²) in [7, 11) is 0. The fourth-order valence-corrected chi connectivity index (χ4v) is 4.18. The van der Waals surface area contributed by atoms with E-state index in [0.29, 0.717) is 12.1 Å². The highest BCUT2D eigenvalue weighted by Crippen LogP contribution is 2.37. The first-order valence-corrected chi connectivity index (χ1v) is 8.25. The highest BCUT2D eigenvalue weighted by atomic mass is 16.3. The van der Waals surface area contributed by atoms with Gasteiger partial charge in [-0.3, -0.25) is 9.69 Å². The lowest BCUT2D eigenvalue weighted by Gasteiger charge is -2.25. The van der Waals surface area contributed by atoms with Crippen molar-refractivity contribution in [3.05, 3.63) is 23.2 Å². The second-order valence-electron chi connectivity index (χ2n) is 6.98. The van der Waals surface area contributed by atoms with Crippen molar-refractivity contribution in [3.8, 4) is 0 Å². The Morgan fingerprint density at radius 2 is 1.95 bits per heavy atom. The van der Waals surface area contributed by atoms with E-state index in [1.54, 1.807) is 0 Å². The van der Waals surface area contributed by atoms with Gasteiger partial charge in [-0.15, -0.1) is 0 Å². The zero-order valence-electron chi connectivity index (χ0n) is 13.0. The lowest BCUT2D eigenvalue weighted by Crippen LogP contribution is -2.40. The van der Waals surface area contributed by atoms with E-state index in [1.807, 2.05) is 19.9 Å². The molecule has 0 spiro atoms. The third kappa shape index (κ3) is 2.30. The molecule has 3 aliphatic rings. The second kappa shape index (κ2) is 4.87. The molecule has 3 fully saturated rings. The van der Waals surface area contributed by atoms with Gasteiger partial charge in [0.05, 0.1) is 5.56 Å². The zero-order valence-corrected chi connectivity index (χ0v) is 13.0. The highest BCUT2D eigenvalue weighted by Gasteiger charge is 2.45. The molecule has 0 bridgehead atoms. The Kier molecular flexibility index (Phi) is 3.10. The number of amides is 1. The Hall–Kier alpha value is -1.29. The first kappa shape index (κ1) is 13.4. The smallest absolute Gasteiger partial charge is 0.257 e. The van der Waals surface area contributed by atoms with E-state index in [-0.39, 0.29) is 5.91 Å². The third-order valence-corrected chi connectivity index (χ3v) is 5.41. The van der Waals surface area contributed by atoms with Crippen LogP contribution in [0.2, 0.25) is 0 Å². The number of rotatable bonds is 3. The van der Waals surface area contributed by atoms with Crippen LogP contribution in [0.5, 0.6) is 0 Å². The van der Waals surface area contributed by atoms with Crippen LogP contribution in [-0.2, 0) is 0 Å². The van der Waals surface area contributed by atoms with Crippen LogP contribution in [0.25, 0.3) is 0 Å². The van der Waals surface area contributed by atoms with Gasteiger partial charge in [-0.05, 0) is 51.5 Å². The normalized spacial score (nSPS) is 29.1. The number of likely N-dealkylation sites (tertiary alicyclic amines) is 2. The molecule has 2 aliphatic heterocycles. The minimum atomic E-state index is 0.171. The summed E-state index contributed by atoms with van der Waals surface area (Å²) in [5, 5.41) is 0. The van der Waals surface area contributed by atoms with Crippen molar-refractivity contribution < 1.29 is 9.21 Å². The predicted molar refractivity (Wildman–Crippen MR) is 80.3 cm³/mol. The molecule has 1 aromatic rings. The van der Waals surface area contributed by atoms with Crippen molar-refractivity contribution in [1.82, 2.24) is 9.80 Å². The standard InChI is InChI=1S/C17H24N2O2/c1-11-9-14(12(2)21-11)17(20)19-8-6-15-16(19)5-7-18(15)10-13-3-4-13/h9,13,15-16H,3-8,10H2,1-2H3/t15-,16+/m1/s1. The van der Waals surface area contributed by atoms with E-state index in [0.717, 1.165) is 42.4 Å². The van der Waals surface area contributed by atoms with Crippen LogP contribution in [0.15, 0.2) is 10.5 Å². The van der Waals surface area contributed by atoms with Gasteiger partial charge >= 0.3 is 0 Å². The van der Waals surface area contributed by atoms with Crippen LogP contribution >= 0.6 is 0 Å². The molecule has 0 aromatic carbocycles. The lowest BCUT2D eigenvalue weighted by atomic mass is 10.1. The van der Waals surface area contributed by atoms with Gasteiger partial charge in [-0.25, -0.2) is 0 Å². The molecule has 0 radical (unpaired) electrons. The van der Waals surface area contributed by atoms with Crippen LogP contribution in [-0.4, -0.2) is 47.4 Å². The maximum absolute atomic E-state index is 12.8. The van der Waals surface area contributed by atoms with E-state index in [1.165, 1.54) is 25.9 Å². The molecule has 4 rings (SSSR count). The SMILES string of the molecule is Cc1cc(C(=O)N2CC[C@@H]3[C@@H]2CCN3CC2CC2)c(C)o1. The van der Waals surface area contributed by atoms with Gasteiger partial charge in [0.2, 0.25) is 0 Å². The van der Waals surface area contributed by atoms with Gasteiger partial charge in [0.15, 0.2) is 0 Å². The Labute approximate surface area is 126 Å². The van der Waals surface area contributed by atoms with Crippen molar-refractivity contribution in [2.24, 2.45) is 5.92 Å². The minimum absolute atomic E-state index is 0.171. The molecule has 114 valence electrons. The summed E-state index contributed by atoms with van der Waals surface area (Å²) in [6, 6.07) is 2.91. The molecule has 1 aliphatic carbocycles. The minimum Gasteiger partial charge on any atom is -0.466 e. The van der Waals surface area contributed by atoms with E-state index in [2.05, 4.69) is 9.80 Å². The van der Waals surface area contributed by atoms with Crippen LogP contribution < -0.4 is 0 Å². The maximum Gasteiger partial charge on any atom is 0.257 e. The van der Waals surface area contributed by atoms with Crippen LogP contribution in [0, 0.1) is 19.8 Å². The van der Waals surface area contributed by atoms with Crippen LogP contribution in [0.1, 0.15) is 47.6 Å². The number of nitrogens with zero attached hydrogens (tertiary/aromatic N) is 2. The average molecular weight is 288 g/mol. The molecule has 1 saturated carbocycles. The average Bonchev–Trinajstić information content (AvgIpc) is 2.88. The van der Waals surface area contributed by atoms with E-state index in [4.69, 9.17) is 4.42 Å². The summed E-state index contributed by atoms with van der Waals surface area (Å²) in [4.78, 5) is 17.6. The number of furan rings is 1. The summed E-state index contributed by atoms with van der Waals surface area (Å²) in [6.45, 7) is 7.12. The first-order chi connectivity index (χ1) is 10.1. The van der Waals surface area contributed by atoms with Gasteiger partial charge in [0, 0.05) is 31.7 Å². The van der Waals surface area contributed by atoms with Gasteiger partial charge in [-0.2, -0.15) is 0 Å². The maximum atomic E-state index is 12.8. The number of carbonyl (C=O) groups is 1. The summed E-state index contributed by atoms with van der Waals surface area (Å²) in [5.74, 6) is 2.69. The number of carbonyl (C=O) groups excluding carboxylic acids is 1. The third-order valence-electron chi connectivity index (χ3n) is 5.41. The van der Waals surface area contributed by atoms with Gasteiger partial charge in [-0.1, -0.05) is 0 Å². The number of hydrogen-bond acceptors (Lipinski definition) is 3. The predicted octanol–water partition coefficient (Wildman–Crippen LogP) is 2.60.